The number of aliphatic hydroxyl groups is 1. The average Bonchev–Trinajstić information content (AvgIpc) is 3.77. The molecule has 2 heterocycles. The molecule has 2 aliphatic heterocycles. The molecule has 0 radical (unpaired) electrons. The van der Waals surface area contributed by atoms with Crippen molar-refractivity contribution >= 4 is 42.3 Å². The summed E-state index contributed by atoms with van der Waals surface area (Å²) in [6, 6.07) is 5.99. The Morgan fingerprint density at radius 3 is 1.90 bits per heavy atom. The normalized spacial score (nSPS) is 33.2. The number of esters is 1. The van der Waals surface area contributed by atoms with Crippen LogP contribution >= 0.6 is 0 Å². The minimum absolute atomic E-state index is 0. The first kappa shape index (κ1) is 46.7. The number of fused-ring (bicyclic) bond motifs is 2. The van der Waals surface area contributed by atoms with E-state index in [0.717, 1.165) is 24.8 Å². The molecule has 6 aliphatic rings. The summed E-state index contributed by atoms with van der Waals surface area (Å²) >= 11 is 0. The molecule has 1 aromatic carbocycles. The van der Waals surface area contributed by atoms with E-state index in [-0.39, 0.29) is 92.9 Å². The molecule has 1 aromatic rings. The first-order valence-electron chi connectivity index (χ1n) is 14.7. The summed E-state index contributed by atoms with van der Waals surface area (Å²) < 4.78 is 147. The predicted octanol–water partition coefficient (Wildman–Crippen LogP) is -4.45. The SMILES string of the molecule is CC(F)(F)C(=O)O.Cc1ccc(S(=O)(=O)O)cc1.O=C(OC1C2CC3COC1C3C2)C(F)(F)S(=O)(=O)[O-].O=S1(=O)OC2C(O)C3CC2C1C3.[Na+].[Na+]. The molecule has 7 rings (SSSR count). The maximum Gasteiger partial charge on any atom is 1.00 e. The van der Waals surface area contributed by atoms with E-state index in [1.807, 2.05) is 6.92 Å². The van der Waals surface area contributed by atoms with Gasteiger partial charge in [0, 0.05) is 12.8 Å². The van der Waals surface area contributed by atoms with Gasteiger partial charge in [0.2, 0.25) is 0 Å². The maximum atomic E-state index is 13.0. The van der Waals surface area contributed by atoms with Crippen molar-refractivity contribution in [1.29, 1.82) is 0 Å². The second-order valence-corrected chi connectivity index (χ2v) is 17.4. The van der Waals surface area contributed by atoms with Crippen LogP contribution in [0.3, 0.4) is 0 Å². The number of halogens is 4. The van der Waals surface area contributed by atoms with Gasteiger partial charge in [-0.15, -0.1) is 0 Å². The van der Waals surface area contributed by atoms with Gasteiger partial charge in [-0.05, 0) is 68.4 Å². The number of benzene rings is 1. The van der Waals surface area contributed by atoms with E-state index in [2.05, 4.69) is 4.74 Å². The first-order valence-corrected chi connectivity index (χ1v) is 19.0. The number of aryl methyl sites for hydroxylation is 1. The van der Waals surface area contributed by atoms with Crippen LogP contribution in [0.5, 0.6) is 0 Å². The Hall–Kier alpha value is -0.470. The number of alkyl halides is 4. The third kappa shape index (κ3) is 10.2. The summed E-state index contributed by atoms with van der Waals surface area (Å²) in [5, 5.41) is 11.7. The van der Waals surface area contributed by atoms with Crippen molar-refractivity contribution in [3.05, 3.63) is 29.8 Å². The van der Waals surface area contributed by atoms with Crippen molar-refractivity contribution in [2.24, 2.45) is 29.6 Å². The average molecular weight is 816 g/mol. The van der Waals surface area contributed by atoms with Gasteiger partial charge in [0.1, 0.15) is 12.2 Å². The number of carboxylic acids is 1. The van der Waals surface area contributed by atoms with Gasteiger partial charge in [-0.1, -0.05) is 17.7 Å². The number of hydrogen-bond donors (Lipinski definition) is 3. The number of aliphatic carboxylic acids is 1. The Labute approximate surface area is 335 Å². The van der Waals surface area contributed by atoms with Crippen LogP contribution in [-0.4, -0.2) is 104 Å². The molecule has 4 saturated carbocycles. The molecule has 51 heavy (non-hydrogen) atoms. The molecule has 4 bridgehead atoms. The van der Waals surface area contributed by atoms with Crippen LogP contribution in [0.4, 0.5) is 17.6 Å². The molecule has 4 aliphatic carbocycles. The van der Waals surface area contributed by atoms with Crippen molar-refractivity contribution in [1.82, 2.24) is 0 Å². The third-order valence-corrected chi connectivity index (χ3v) is 12.9. The summed E-state index contributed by atoms with van der Waals surface area (Å²) in [7, 11) is -13.4. The van der Waals surface area contributed by atoms with E-state index in [1.165, 1.54) is 12.1 Å². The monoisotopic (exact) mass is 815 g/mol. The minimum atomic E-state index is -6.07. The Morgan fingerprint density at radius 2 is 1.45 bits per heavy atom. The fourth-order valence-corrected chi connectivity index (χ4v) is 9.72. The van der Waals surface area contributed by atoms with Gasteiger partial charge in [0.15, 0.2) is 10.1 Å². The Kier molecular flexibility index (Phi) is 15.3. The largest absolute Gasteiger partial charge is 1.00 e. The number of ether oxygens (including phenoxy) is 2. The zero-order chi connectivity index (χ0) is 37.1. The fourth-order valence-electron chi connectivity index (χ4n) is 7.10. The zero-order valence-electron chi connectivity index (χ0n) is 27.6. The van der Waals surface area contributed by atoms with Crippen LogP contribution in [0.15, 0.2) is 29.2 Å². The molecule has 6 fully saturated rings. The van der Waals surface area contributed by atoms with E-state index in [0.29, 0.717) is 25.9 Å². The van der Waals surface area contributed by atoms with Gasteiger partial charge in [-0.2, -0.15) is 34.4 Å². The molecular weight excluding hydrogens is 782 g/mol. The van der Waals surface area contributed by atoms with Crippen LogP contribution in [0, 0.1) is 36.5 Å². The van der Waals surface area contributed by atoms with Crippen LogP contribution in [0.2, 0.25) is 0 Å². The number of aliphatic hydroxyl groups excluding tert-OH is 1. The third-order valence-electron chi connectivity index (χ3n) is 9.43. The van der Waals surface area contributed by atoms with Crippen molar-refractivity contribution in [3.8, 4) is 0 Å². The van der Waals surface area contributed by atoms with Crippen molar-refractivity contribution in [2.45, 2.75) is 85.3 Å². The summed E-state index contributed by atoms with van der Waals surface area (Å²) in [6.45, 7) is 2.68. The smallest absolute Gasteiger partial charge is 0.743 e. The van der Waals surface area contributed by atoms with E-state index < -0.39 is 77.9 Å². The summed E-state index contributed by atoms with van der Waals surface area (Å²) in [6.07, 6.45) is 0.599. The topological polar surface area (TPSA) is 248 Å². The van der Waals surface area contributed by atoms with E-state index in [4.69, 9.17) is 18.6 Å². The first-order chi connectivity index (χ1) is 22.3. The molecule has 0 spiro atoms. The number of rotatable bonds is 5. The van der Waals surface area contributed by atoms with Gasteiger partial charge in [0.25, 0.3) is 20.2 Å². The molecule has 24 heteroatoms. The molecule has 0 aromatic heterocycles. The number of carboxylic acid groups (broad SMARTS) is 1. The van der Waals surface area contributed by atoms with Crippen molar-refractivity contribution in [3.63, 3.8) is 0 Å². The second kappa shape index (κ2) is 16.7. The number of carbonyl (C=O) groups is 2. The van der Waals surface area contributed by atoms with Gasteiger partial charge in [0.05, 0.1) is 29.0 Å². The molecule has 3 N–H and O–H groups in total. The predicted molar refractivity (Wildman–Crippen MR) is 153 cm³/mol. The molecule has 10 unspecified atom stereocenters. The van der Waals surface area contributed by atoms with E-state index in [9.17, 15) is 62.1 Å². The van der Waals surface area contributed by atoms with Crippen molar-refractivity contribution < 1.29 is 144 Å². The van der Waals surface area contributed by atoms with Gasteiger partial charge in [-0.3, -0.25) is 8.74 Å². The van der Waals surface area contributed by atoms with Crippen LogP contribution in [0.25, 0.3) is 0 Å². The summed E-state index contributed by atoms with van der Waals surface area (Å²) in [4.78, 5) is 20.4. The fraction of sp³-hybridized carbons (Fsp3) is 0.704. The molecule has 15 nitrogen and oxygen atoms in total. The van der Waals surface area contributed by atoms with Crippen LogP contribution in [0.1, 0.15) is 38.2 Å². The molecule has 0 amide bonds. The van der Waals surface area contributed by atoms with E-state index in [1.54, 1.807) is 12.1 Å². The van der Waals surface area contributed by atoms with Gasteiger partial charge < -0.3 is 24.2 Å². The van der Waals surface area contributed by atoms with Crippen molar-refractivity contribution in [2.75, 3.05) is 6.61 Å². The molecular formula is C27H33F4Na2O15S3+. The summed E-state index contributed by atoms with van der Waals surface area (Å²) in [5.41, 5.74) is 0.956. The van der Waals surface area contributed by atoms with Gasteiger partial charge in [-0.25, -0.2) is 18.0 Å². The van der Waals surface area contributed by atoms with Crippen LogP contribution in [-0.2, 0) is 53.6 Å². The molecule has 278 valence electrons. The van der Waals surface area contributed by atoms with Gasteiger partial charge >= 0.3 is 82.2 Å². The number of carbonyl (C=O) groups excluding carboxylic acids is 1. The molecule has 2 saturated heterocycles. The summed E-state index contributed by atoms with van der Waals surface area (Å²) in [5.74, 6) is -7.26. The number of hydrogen-bond acceptors (Lipinski definition) is 13. The standard InChI is InChI=1S/C10H12F2O6S.C7H10O4S.C7H8O3S.C3H4F2O2.2Na/c11-10(12,19(14,15)16)9(13)18-7-4-1-5-3-17-8(7)6(5)2-4;8-6-3-1-4-5(2-3)12(9,10)11-7(4)6;1-6-2-4-7(5-3-6)11(8,9)10;1-3(4,5)2(6)7;;/h4-8H,1-3H2,(H,14,15,16);3-8H,1-2H2;2-5H,1H3,(H,8,9,10);1H3,(H,6,7);;/q;;;;2*+1/p-1. The quantitative estimate of drug-likeness (QED) is 0.0835. The minimum Gasteiger partial charge on any atom is -0.743 e. The maximum absolute atomic E-state index is 13.0. The molecule has 10 atom stereocenters. The van der Waals surface area contributed by atoms with Crippen LogP contribution < -0.4 is 59.1 Å². The Morgan fingerprint density at radius 1 is 0.922 bits per heavy atom. The second-order valence-electron chi connectivity index (χ2n) is 12.8. The Balaban J connectivity index is 0.000000247. The Bertz CT molecular complexity index is 1760. The van der Waals surface area contributed by atoms with E-state index >= 15 is 0 Å². The zero-order valence-corrected chi connectivity index (χ0v) is 34.0.